The summed E-state index contributed by atoms with van der Waals surface area (Å²) in [6.45, 7) is 0. The zero-order valence-corrected chi connectivity index (χ0v) is 20.2. The normalized spacial score (nSPS) is 27.3. The minimum absolute atomic E-state index is 0.0296. The number of rotatable bonds is 5. The van der Waals surface area contributed by atoms with Gasteiger partial charge in [-0.1, -0.05) is 35.5 Å². The average Bonchev–Trinajstić information content (AvgIpc) is 2.78. The summed E-state index contributed by atoms with van der Waals surface area (Å²) in [6.07, 6.45) is 7.21. The van der Waals surface area contributed by atoms with Crippen LogP contribution in [0.3, 0.4) is 0 Å². The van der Waals surface area contributed by atoms with E-state index in [0.717, 1.165) is 37.0 Å². The van der Waals surface area contributed by atoms with Crippen molar-refractivity contribution in [2.45, 2.75) is 49.2 Å². The molecule has 1 aromatic heterocycles. The lowest BCUT2D eigenvalue weighted by atomic mass is 9.53. The van der Waals surface area contributed by atoms with Crippen LogP contribution in [0.4, 0.5) is 4.39 Å². The van der Waals surface area contributed by atoms with Crippen LogP contribution in [0.25, 0.3) is 16.6 Å². The van der Waals surface area contributed by atoms with Gasteiger partial charge >= 0.3 is 0 Å². The number of carbonyl (C=O) groups excluding carboxylic acids is 1. The first-order valence-electron chi connectivity index (χ1n) is 11.8. The monoisotopic (exact) mass is 497 g/mol. The first-order chi connectivity index (χ1) is 16.4. The number of nitrogens with zero attached hydrogens (tertiary/aromatic N) is 2. The Bertz CT molecular complexity index is 1320. The summed E-state index contributed by atoms with van der Waals surface area (Å²) in [4.78, 5) is 31.1. The van der Waals surface area contributed by atoms with Gasteiger partial charge in [0.15, 0.2) is 5.16 Å². The molecule has 7 rings (SSSR count). The molecule has 0 aliphatic heterocycles. The predicted octanol–water partition coefficient (Wildman–Crippen LogP) is 5.36. The molecular formula is C26H25ClFN3O2S. The van der Waals surface area contributed by atoms with Crippen LogP contribution in [0.15, 0.2) is 52.4 Å². The van der Waals surface area contributed by atoms with Gasteiger partial charge in [-0.25, -0.2) is 9.37 Å². The van der Waals surface area contributed by atoms with Gasteiger partial charge in [0.2, 0.25) is 5.91 Å². The van der Waals surface area contributed by atoms with Crippen molar-refractivity contribution >= 4 is 40.2 Å². The molecule has 0 radical (unpaired) electrons. The quantitative estimate of drug-likeness (QED) is 0.381. The molecule has 1 N–H and O–H groups in total. The number of nitrogens with one attached hydrogen (secondary N) is 1. The van der Waals surface area contributed by atoms with Gasteiger partial charge in [-0.2, -0.15) is 0 Å². The zero-order valence-electron chi connectivity index (χ0n) is 18.6. The van der Waals surface area contributed by atoms with E-state index < -0.39 is 5.82 Å². The summed E-state index contributed by atoms with van der Waals surface area (Å²) in [5, 5.41) is 4.13. The van der Waals surface area contributed by atoms with Crippen molar-refractivity contribution in [2.75, 3.05) is 5.75 Å². The number of fused-ring (bicyclic) bond motifs is 1. The maximum Gasteiger partial charge on any atom is 0.266 e. The SMILES string of the molecule is O=C(CSc1nc2ccccc2c(=O)n1-c1ccc(F)c(Cl)c1)NC12CC3CC(CC(C3)C1)C2. The number of carbonyl (C=O) groups is 1. The minimum atomic E-state index is -0.559. The molecule has 8 heteroatoms. The van der Waals surface area contributed by atoms with Crippen molar-refractivity contribution in [3.05, 3.63) is 63.7 Å². The van der Waals surface area contributed by atoms with Crippen molar-refractivity contribution in [1.29, 1.82) is 0 Å². The Morgan fingerprint density at radius 1 is 1.12 bits per heavy atom. The molecule has 4 saturated carbocycles. The highest BCUT2D eigenvalue weighted by Gasteiger charge is 2.51. The number of aromatic nitrogens is 2. The average molecular weight is 498 g/mol. The van der Waals surface area contributed by atoms with Crippen LogP contribution in [0, 0.1) is 23.6 Å². The smallest absolute Gasteiger partial charge is 0.266 e. The third-order valence-electron chi connectivity index (χ3n) is 7.68. The van der Waals surface area contributed by atoms with Crippen LogP contribution in [-0.2, 0) is 4.79 Å². The fourth-order valence-corrected chi connectivity index (χ4v) is 7.77. The maximum absolute atomic E-state index is 13.8. The molecule has 4 aliphatic carbocycles. The Labute approximate surface area is 206 Å². The molecule has 4 aliphatic rings. The van der Waals surface area contributed by atoms with E-state index in [1.54, 1.807) is 18.2 Å². The Kier molecular flexibility index (Phi) is 5.45. The highest BCUT2D eigenvalue weighted by molar-refractivity contribution is 7.99. The Hall–Kier alpha value is -2.38. The van der Waals surface area contributed by atoms with Gasteiger partial charge in [0.05, 0.1) is 27.4 Å². The highest BCUT2D eigenvalue weighted by Crippen LogP contribution is 2.55. The van der Waals surface area contributed by atoms with E-state index in [1.165, 1.54) is 53.8 Å². The third kappa shape index (κ3) is 3.93. The van der Waals surface area contributed by atoms with Crippen molar-refractivity contribution in [2.24, 2.45) is 17.8 Å². The van der Waals surface area contributed by atoms with Gasteiger partial charge < -0.3 is 5.32 Å². The first kappa shape index (κ1) is 22.1. The largest absolute Gasteiger partial charge is 0.350 e. The number of hydrogen-bond acceptors (Lipinski definition) is 4. The topological polar surface area (TPSA) is 64.0 Å². The molecular weight excluding hydrogens is 473 g/mol. The fourth-order valence-electron chi connectivity index (χ4n) is 6.79. The number of thioether (sulfide) groups is 1. The molecule has 0 unspecified atom stereocenters. The van der Waals surface area contributed by atoms with Crippen LogP contribution >= 0.6 is 23.4 Å². The van der Waals surface area contributed by atoms with Crippen LogP contribution in [0.5, 0.6) is 0 Å². The van der Waals surface area contributed by atoms with Crippen molar-refractivity contribution in [1.82, 2.24) is 14.9 Å². The molecule has 34 heavy (non-hydrogen) atoms. The molecule has 4 bridgehead atoms. The van der Waals surface area contributed by atoms with Crippen LogP contribution in [0.1, 0.15) is 38.5 Å². The van der Waals surface area contributed by atoms with Crippen LogP contribution in [-0.4, -0.2) is 26.8 Å². The number of amides is 1. The van der Waals surface area contributed by atoms with Gasteiger partial charge in [-0.3, -0.25) is 14.2 Å². The summed E-state index contributed by atoms with van der Waals surface area (Å²) in [6, 6.07) is 11.2. The molecule has 4 fully saturated rings. The lowest BCUT2D eigenvalue weighted by Gasteiger charge is -2.56. The summed E-state index contributed by atoms with van der Waals surface area (Å²) in [5.74, 6) is 1.80. The van der Waals surface area contributed by atoms with Gasteiger partial charge in [0.25, 0.3) is 5.56 Å². The number of para-hydroxylation sites is 1. The molecule has 1 amide bonds. The lowest BCUT2D eigenvalue weighted by molar-refractivity contribution is -0.124. The van der Waals surface area contributed by atoms with E-state index in [4.69, 9.17) is 11.6 Å². The Morgan fingerprint density at radius 2 is 1.79 bits per heavy atom. The number of hydrogen-bond donors (Lipinski definition) is 1. The summed E-state index contributed by atoms with van der Waals surface area (Å²) < 4.78 is 15.2. The second-order valence-electron chi connectivity index (χ2n) is 10.2. The standard InChI is InChI=1S/C26H25ClFN3O2S/c27-20-10-18(5-6-21(20)28)31-24(33)19-3-1-2-4-22(19)29-25(31)34-14-23(32)30-26-11-15-7-16(12-26)9-17(8-15)13-26/h1-6,10,15-17H,7-9,11-14H2,(H,30,32). The highest BCUT2D eigenvalue weighted by atomic mass is 35.5. The summed E-state index contributed by atoms with van der Waals surface area (Å²) in [5.41, 5.74) is 0.629. The first-order valence-corrected chi connectivity index (χ1v) is 13.2. The van der Waals surface area contributed by atoms with E-state index in [-0.39, 0.29) is 27.8 Å². The maximum atomic E-state index is 13.8. The van der Waals surface area contributed by atoms with Gasteiger partial charge in [-0.05, 0) is 86.6 Å². The zero-order chi connectivity index (χ0) is 23.4. The molecule has 176 valence electrons. The van der Waals surface area contributed by atoms with Gasteiger partial charge in [-0.15, -0.1) is 0 Å². The minimum Gasteiger partial charge on any atom is -0.350 e. The van der Waals surface area contributed by atoms with Crippen molar-refractivity contribution < 1.29 is 9.18 Å². The predicted molar refractivity (Wildman–Crippen MR) is 132 cm³/mol. The molecule has 0 spiro atoms. The molecule has 2 aromatic carbocycles. The fraction of sp³-hybridized carbons (Fsp3) is 0.423. The number of halogens is 2. The molecule has 1 heterocycles. The van der Waals surface area contributed by atoms with E-state index >= 15 is 0 Å². The Balaban J connectivity index is 1.29. The van der Waals surface area contributed by atoms with E-state index in [1.807, 2.05) is 6.07 Å². The molecule has 3 aromatic rings. The lowest BCUT2D eigenvalue weighted by Crippen LogP contribution is -2.60. The van der Waals surface area contributed by atoms with Crippen molar-refractivity contribution in [3.63, 3.8) is 0 Å². The van der Waals surface area contributed by atoms with Crippen LogP contribution < -0.4 is 10.9 Å². The van der Waals surface area contributed by atoms with Crippen LogP contribution in [0.2, 0.25) is 5.02 Å². The second kappa shape index (κ2) is 8.38. The van der Waals surface area contributed by atoms with E-state index in [9.17, 15) is 14.0 Å². The van der Waals surface area contributed by atoms with Gasteiger partial charge in [0.1, 0.15) is 5.82 Å². The number of benzene rings is 2. The van der Waals surface area contributed by atoms with Crippen molar-refractivity contribution in [3.8, 4) is 5.69 Å². The van der Waals surface area contributed by atoms with E-state index in [2.05, 4.69) is 10.3 Å². The van der Waals surface area contributed by atoms with Gasteiger partial charge in [0, 0.05) is 5.54 Å². The Morgan fingerprint density at radius 3 is 2.47 bits per heavy atom. The second-order valence-corrected chi connectivity index (χ2v) is 11.5. The molecule has 5 nitrogen and oxygen atoms in total. The summed E-state index contributed by atoms with van der Waals surface area (Å²) >= 11 is 7.23. The molecule has 0 saturated heterocycles. The summed E-state index contributed by atoms with van der Waals surface area (Å²) in [7, 11) is 0. The third-order valence-corrected chi connectivity index (χ3v) is 8.91. The van der Waals surface area contributed by atoms with E-state index in [0.29, 0.717) is 21.7 Å². The molecule has 0 atom stereocenters.